The zero-order valence-electron chi connectivity index (χ0n) is 14.5. The van der Waals surface area contributed by atoms with Crippen LogP contribution in [0.5, 0.6) is 0 Å². The summed E-state index contributed by atoms with van der Waals surface area (Å²) >= 11 is 1.57. The molecule has 3 aromatic rings. The summed E-state index contributed by atoms with van der Waals surface area (Å²) in [4.78, 5) is 16.5. The largest absolute Gasteiger partial charge is 0.478 e. The standard InChI is InChI=1S/C20H22N2O3S/c23-20(24)15-7-1-4-10-18(15)26-14-13-21-12-6-5-11-19-22-16-8-2-3-9-17(16)25-19/h1-4,7-10,21H,5-6,11-14H2,(H,23,24). The van der Waals surface area contributed by atoms with Gasteiger partial charge in [0.05, 0.1) is 5.56 Å². The molecular weight excluding hydrogens is 348 g/mol. The van der Waals surface area contributed by atoms with Gasteiger partial charge in [-0.15, -0.1) is 11.8 Å². The highest BCUT2D eigenvalue weighted by Crippen LogP contribution is 2.22. The summed E-state index contributed by atoms with van der Waals surface area (Å²) in [6, 6.07) is 14.9. The van der Waals surface area contributed by atoms with Crippen molar-refractivity contribution in [3.63, 3.8) is 0 Å². The minimum Gasteiger partial charge on any atom is -0.478 e. The van der Waals surface area contributed by atoms with Crippen LogP contribution in [0.2, 0.25) is 0 Å². The van der Waals surface area contributed by atoms with Crippen LogP contribution in [0.4, 0.5) is 0 Å². The molecule has 2 aromatic carbocycles. The van der Waals surface area contributed by atoms with Gasteiger partial charge in [-0.2, -0.15) is 0 Å². The molecule has 0 spiro atoms. The number of aromatic carboxylic acids is 1. The van der Waals surface area contributed by atoms with Crippen molar-refractivity contribution in [2.75, 3.05) is 18.8 Å². The lowest BCUT2D eigenvalue weighted by Crippen LogP contribution is -2.18. The summed E-state index contributed by atoms with van der Waals surface area (Å²) < 4.78 is 5.71. The molecule has 26 heavy (non-hydrogen) atoms. The van der Waals surface area contributed by atoms with Crippen molar-refractivity contribution in [2.45, 2.75) is 24.2 Å². The van der Waals surface area contributed by atoms with E-state index < -0.39 is 5.97 Å². The lowest BCUT2D eigenvalue weighted by molar-refractivity contribution is 0.0693. The summed E-state index contributed by atoms with van der Waals surface area (Å²) in [6.45, 7) is 1.78. The van der Waals surface area contributed by atoms with Gasteiger partial charge in [0.15, 0.2) is 11.5 Å². The third-order valence-corrected chi connectivity index (χ3v) is 5.06. The molecule has 0 fully saturated rings. The molecule has 1 aromatic heterocycles. The lowest BCUT2D eigenvalue weighted by Gasteiger charge is -2.06. The van der Waals surface area contributed by atoms with Crippen LogP contribution in [0.15, 0.2) is 57.8 Å². The maximum absolute atomic E-state index is 11.2. The highest BCUT2D eigenvalue weighted by Gasteiger charge is 2.08. The smallest absolute Gasteiger partial charge is 0.336 e. The number of rotatable bonds is 10. The fraction of sp³-hybridized carbons (Fsp3) is 0.300. The number of para-hydroxylation sites is 2. The SMILES string of the molecule is O=C(O)c1ccccc1SCCNCCCCc1nc2ccccc2o1. The van der Waals surface area contributed by atoms with E-state index in [1.807, 2.05) is 36.4 Å². The van der Waals surface area contributed by atoms with Crippen molar-refractivity contribution in [1.82, 2.24) is 10.3 Å². The number of unbranched alkanes of at least 4 members (excludes halogenated alkanes) is 1. The predicted octanol–water partition coefficient (Wildman–Crippen LogP) is 4.23. The second kappa shape index (κ2) is 9.40. The molecule has 0 aliphatic carbocycles. The van der Waals surface area contributed by atoms with Gasteiger partial charge in [0.25, 0.3) is 0 Å². The van der Waals surface area contributed by atoms with Gasteiger partial charge in [-0.05, 0) is 43.7 Å². The topological polar surface area (TPSA) is 75.4 Å². The molecule has 0 bridgehead atoms. The first-order chi connectivity index (χ1) is 12.7. The first kappa shape index (κ1) is 18.5. The van der Waals surface area contributed by atoms with Crippen LogP contribution in [0.3, 0.4) is 0 Å². The van der Waals surface area contributed by atoms with Crippen LogP contribution in [-0.2, 0) is 6.42 Å². The lowest BCUT2D eigenvalue weighted by atomic mass is 10.2. The second-order valence-electron chi connectivity index (χ2n) is 5.93. The Morgan fingerprint density at radius 3 is 2.73 bits per heavy atom. The molecule has 1 heterocycles. The van der Waals surface area contributed by atoms with Gasteiger partial charge < -0.3 is 14.8 Å². The van der Waals surface area contributed by atoms with Crippen molar-refractivity contribution in [3.05, 3.63) is 60.0 Å². The van der Waals surface area contributed by atoms with Gasteiger partial charge in [-0.25, -0.2) is 9.78 Å². The number of nitrogens with one attached hydrogen (secondary N) is 1. The molecule has 136 valence electrons. The Hall–Kier alpha value is -2.31. The van der Waals surface area contributed by atoms with Crippen LogP contribution in [0.1, 0.15) is 29.1 Å². The highest BCUT2D eigenvalue weighted by atomic mass is 32.2. The van der Waals surface area contributed by atoms with Crippen LogP contribution in [-0.4, -0.2) is 34.9 Å². The number of aromatic nitrogens is 1. The van der Waals surface area contributed by atoms with E-state index in [1.54, 1.807) is 23.9 Å². The minimum absolute atomic E-state index is 0.371. The third kappa shape index (κ3) is 5.09. The molecule has 5 nitrogen and oxygen atoms in total. The molecule has 0 aliphatic heterocycles. The van der Waals surface area contributed by atoms with Crippen LogP contribution in [0.25, 0.3) is 11.1 Å². The van der Waals surface area contributed by atoms with Gasteiger partial charge in [-0.3, -0.25) is 0 Å². The van der Waals surface area contributed by atoms with E-state index in [0.717, 1.165) is 60.0 Å². The van der Waals surface area contributed by atoms with E-state index in [2.05, 4.69) is 10.3 Å². The number of carboxylic acid groups (broad SMARTS) is 1. The maximum Gasteiger partial charge on any atom is 0.336 e. The number of hydrogen-bond donors (Lipinski definition) is 2. The molecule has 0 amide bonds. The quantitative estimate of drug-likeness (QED) is 0.411. The van der Waals surface area contributed by atoms with Crippen LogP contribution >= 0.6 is 11.8 Å². The summed E-state index contributed by atoms with van der Waals surface area (Å²) in [7, 11) is 0. The number of hydrogen-bond acceptors (Lipinski definition) is 5. The third-order valence-electron chi connectivity index (χ3n) is 3.99. The Morgan fingerprint density at radius 1 is 1.08 bits per heavy atom. The van der Waals surface area contributed by atoms with Gasteiger partial charge in [0.1, 0.15) is 5.52 Å². The van der Waals surface area contributed by atoms with Gasteiger partial charge >= 0.3 is 5.97 Å². The first-order valence-corrected chi connectivity index (χ1v) is 9.73. The molecule has 0 atom stereocenters. The number of aryl methyl sites for hydroxylation is 1. The van der Waals surface area contributed by atoms with Gasteiger partial charge in [0.2, 0.25) is 0 Å². The van der Waals surface area contributed by atoms with E-state index in [-0.39, 0.29) is 0 Å². The number of carbonyl (C=O) groups is 1. The molecule has 0 unspecified atom stereocenters. The first-order valence-electron chi connectivity index (χ1n) is 8.74. The normalized spacial score (nSPS) is 11.1. The second-order valence-corrected chi connectivity index (χ2v) is 7.07. The fourth-order valence-electron chi connectivity index (χ4n) is 2.68. The monoisotopic (exact) mass is 370 g/mol. The molecule has 0 aliphatic rings. The number of thioether (sulfide) groups is 1. The van der Waals surface area contributed by atoms with Crippen molar-refractivity contribution in [2.24, 2.45) is 0 Å². The van der Waals surface area contributed by atoms with Crippen molar-refractivity contribution < 1.29 is 14.3 Å². The Kier molecular flexibility index (Phi) is 6.68. The van der Waals surface area contributed by atoms with Crippen LogP contribution < -0.4 is 5.32 Å². The van der Waals surface area contributed by atoms with E-state index in [9.17, 15) is 4.79 Å². The Labute approximate surface area is 156 Å². The molecule has 6 heteroatoms. The molecular formula is C20H22N2O3S. The highest BCUT2D eigenvalue weighted by molar-refractivity contribution is 7.99. The number of carboxylic acids is 1. The van der Waals surface area contributed by atoms with E-state index in [0.29, 0.717) is 5.56 Å². The fourth-order valence-corrected chi connectivity index (χ4v) is 3.63. The van der Waals surface area contributed by atoms with Crippen molar-refractivity contribution >= 4 is 28.8 Å². The van der Waals surface area contributed by atoms with Gasteiger partial charge in [0, 0.05) is 23.6 Å². The maximum atomic E-state index is 11.2. The average Bonchev–Trinajstić information content (AvgIpc) is 3.07. The minimum atomic E-state index is -0.875. The molecule has 2 N–H and O–H groups in total. The van der Waals surface area contributed by atoms with E-state index in [1.165, 1.54) is 0 Å². The predicted molar refractivity (Wildman–Crippen MR) is 104 cm³/mol. The number of oxazole rings is 1. The van der Waals surface area contributed by atoms with Crippen molar-refractivity contribution in [1.29, 1.82) is 0 Å². The Morgan fingerprint density at radius 2 is 1.88 bits per heavy atom. The zero-order valence-corrected chi connectivity index (χ0v) is 15.3. The number of benzene rings is 2. The molecule has 0 saturated carbocycles. The molecule has 3 rings (SSSR count). The summed E-state index contributed by atoms with van der Waals surface area (Å²) in [5.41, 5.74) is 2.13. The average molecular weight is 370 g/mol. The number of nitrogens with zero attached hydrogens (tertiary/aromatic N) is 1. The summed E-state index contributed by atoms with van der Waals surface area (Å²) in [5.74, 6) is 0.766. The van der Waals surface area contributed by atoms with Crippen molar-refractivity contribution in [3.8, 4) is 0 Å². The molecule has 0 saturated heterocycles. The van der Waals surface area contributed by atoms with E-state index in [4.69, 9.17) is 9.52 Å². The van der Waals surface area contributed by atoms with Crippen LogP contribution in [0, 0.1) is 0 Å². The molecule has 0 radical (unpaired) electrons. The Bertz CT molecular complexity index is 830. The Balaban J connectivity index is 1.30. The van der Waals surface area contributed by atoms with E-state index >= 15 is 0 Å². The van der Waals surface area contributed by atoms with Gasteiger partial charge in [-0.1, -0.05) is 24.3 Å². The summed E-state index contributed by atoms with van der Waals surface area (Å²) in [6.07, 6.45) is 2.92. The number of fused-ring (bicyclic) bond motifs is 1. The zero-order chi connectivity index (χ0) is 18.2. The summed E-state index contributed by atoms with van der Waals surface area (Å²) in [5, 5.41) is 12.6.